The Morgan fingerprint density at radius 3 is 2.18 bits per heavy atom. The third-order valence-corrected chi connectivity index (χ3v) is 2.09. The smallest absolute Gasteiger partial charge is 0.417 e. The maximum atomic E-state index is 12.4. The predicted octanol–water partition coefficient (Wildman–Crippen LogP) is 3.55. The summed E-state index contributed by atoms with van der Waals surface area (Å²) in [5.74, 6) is -1.76. The van der Waals surface area contributed by atoms with E-state index in [9.17, 15) is 26.7 Å². The number of aromatic hydroxyl groups is 1. The second-order valence-corrected chi connectivity index (χ2v) is 3.31. The molecule has 7 heteroatoms. The number of hydrogen-bond donors (Lipinski definition) is 1. The molecule has 0 heterocycles. The molecule has 0 aromatic heterocycles. The van der Waals surface area contributed by atoms with Crippen LogP contribution in [0.3, 0.4) is 0 Å². The molecule has 1 rings (SSSR count). The topological polar surface area (TPSA) is 37.3 Å². The molecule has 0 radical (unpaired) electrons. The fourth-order valence-corrected chi connectivity index (χ4v) is 1.31. The van der Waals surface area contributed by atoms with Gasteiger partial charge < -0.3 is 5.11 Å². The molecule has 0 fully saturated rings. The van der Waals surface area contributed by atoms with Crippen LogP contribution in [0.25, 0.3) is 0 Å². The molecule has 0 aliphatic heterocycles. The van der Waals surface area contributed by atoms with Gasteiger partial charge in [0.05, 0.1) is 11.1 Å². The molecule has 0 saturated heterocycles. The molecule has 0 aliphatic carbocycles. The SMILES string of the molecule is CC(=O)c1cc(C(F)F)c(C(F)(F)F)cc1O. The average molecular weight is 254 g/mol. The Kier molecular flexibility index (Phi) is 3.40. The Hall–Kier alpha value is -1.66. The van der Waals surface area contributed by atoms with Gasteiger partial charge in [-0.25, -0.2) is 8.78 Å². The first-order chi connectivity index (χ1) is 7.64. The highest BCUT2D eigenvalue weighted by molar-refractivity contribution is 5.97. The van der Waals surface area contributed by atoms with Gasteiger partial charge in [-0.05, 0) is 19.1 Å². The van der Waals surface area contributed by atoms with Crippen molar-refractivity contribution in [3.05, 3.63) is 28.8 Å². The van der Waals surface area contributed by atoms with Crippen molar-refractivity contribution in [1.82, 2.24) is 0 Å². The van der Waals surface area contributed by atoms with Crippen molar-refractivity contribution in [3.8, 4) is 5.75 Å². The van der Waals surface area contributed by atoms with Crippen LogP contribution in [0.1, 0.15) is 34.8 Å². The number of alkyl halides is 5. The van der Waals surface area contributed by atoms with Gasteiger partial charge in [-0.15, -0.1) is 0 Å². The van der Waals surface area contributed by atoms with Crippen LogP contribution in [-0.4, -0.2) is 10.9 Å². The van der Waals surface area contributed by atoms with Crippen molar-refractivity contribution in [2.24, 2.45) is 0 Å². The minimum absolute atomic E-state index is 0.137. The van der Waals surface area contributed by atoms with E-state index in [0.29, 0.717) is 6.07 Å². The molecule has 17 heavy (non-hydrogen) atoms. The second kappa shape index (κ2) is 4.31. The van der Waals surface area contributed by atoms with E-state index in [4.69, 9.17) is 5.11 Å². The molecule has 1 aromatic carbocycles. The highest BCUT2D eigenvalue weighted by Crippen LogP contribution is 2.39. The molecule has 0 aliphatic rings. The van der Waals surface area contributed by atoms with Crippen LogP contribution in [0.5, 0.6) is 5.75 Å². The standard InChI is InChI=1S/C10H7F5O2/c1-4(16)5-2-6(9(11)12)7(3-8(5)17)10(13,14)15/h2-3,9,17H,1H3. The third kappa shape index (κ3) is 2.72. The van der Waals surface area contributed by atoms with Gasteiger partial charge in [-0.3, -0.25) is 4.79 Å². The van der Waals surface area contributed by atoms with Crippen molar-refractivity contribution >= 4 is 5.78 Å². The van der Waals surface area contributed by atoms with Crippen molar-refractivity contribution in [2.45, 2.75) is 19.5 Å². The summed E-state index contributed by atoms with van der Waals surface area (Å²) in [4.78, 5) is 10.9. The van der Waals surface area contributed by atoms with Gasteiger partial charge in [0.2, 0.25) is 0 Å². The summed E-state index contributed by atoms with van der Waals surface area (Å²) in [5.41, 5.74) is -3.52. The normalized spacial score (nSPS) is 11.9. The predicted molar refractivity (Wildman–Crippen MR) is 48.1 cm³/mol. The number of hydrogen-bond acceptors (Lipinski definition) is 2. The summed E-state index contributed by atoms with van der Waals surface area (Å²) >= 11 is 0. The van der Waals surface area contributed by atoms with Crippen LogP contribution in [0.2, 0.25) is 0 Å². The molecule has 0 bridgehead atoms. The molecule has 0 spiro atoms. The van der Waals surface area contributed by atoms with Gasteiger partial charge in [0.15, 0.2) is 5.78 Å². The maximum Gasteiger partial charge on any atom is 0.417 e. The number of phenolic OH excluding ortho intramolecular Hbond substituents is 1. The Morgan fingerprint density at radius 1 is 1.29 bits per heavy atom. The van der Waals surface area contributed by atoms with Crippen molar-refractivity contribution < 1.29 is 31.9 Å². The molecular formula is C10H7F5O2. The van der Waals surface area contributed by atoms with Gasteiger partial charge in [0.1, 0.15) is 5.75 Å². The largest absolute Gasteiger partial charge is 0.507 e. The summed E-state index contributed by atoms with van der Waals surface area (Å²) < 4.78 is 62.1. The van der Waals surface area contributed by atoms with Crippen molar-refractivity contribution in [2.75, 3.05) is 0 Å². The van der Waals surface area contributed by atoms with E-state index in [1.165, 1.54) is 0 Å². The third-order valence-electron chi connectivity index (χ3n) is 2.09. The number of carbonyl (C=O) groups excluding carboxylic acids is 1. The van der Waals surface area contributed by atoms with Gasteiger partial charge in [-0.2, -0.15) is 13.2 Å². The lowest BCUT2D eigenvalue weighted by Gasteiger charge is -2.14. The average Bonchev–Trinajstić information content (AvgIpc) is 2.14. The van der Waals surface area contributed by atoms with Crippen molar-refractivity contribution in [3.63, 3.8) is 0 Å². The Morgan fingerprint density at radius 2 is 1.82 bits per heavy atom. The van der Waals surface area contributed by atoms with E-state index in [1.54, 1.807) is 0 Å². The van der Waals surface area contributed by atoms with Gasteiger partial charge >= 0.3 is 6.18 Å². The van der Waals surface area contributed by atoms with Gasteiger partial charge in [-0.1, -0.05) is 0 Å². The fraction of sp³-hybridized carbons (Fsp3) is 0.300. The van der Waals surface area contributed by atoms with Gasteiger partial charge in [0.25, 0.3) is 6.43 Å². The molecule has 94 valence electrons. The van der Waals surface area contributed by atoms with Crippen LogP contribution in [0.4, 0.5) is 22.0 Å². The first-order valence-electron chi connectivity index (χ1n) is 4.37. The van der Waals surface area contributed by atoms with Crippen LogP contribution in [0, 0.1) is 0 Å². The Balaban J connectivity index is 3.53. The van der Waals surface area contributed by atoms with E-state index < -0.39 is 40.8 Å². The number of benzene rings is 1. The first-order valence-corrected chi connectivity index (χ1v) is 4.37. The fourth-order valence-electron chi connectivity index (χ4n) is 1.31. The summed E-state index contributed by atoms with van der Waals surface area (Å²) in [6.07, 6.45) is -8.40. The molecule has 1 aromatic rings. The molecule has 0 saturated carbocycles. The number of ketones is 1. The summed E-state index contributed by atoms with van der Waals surface area (Å²) in [6.45, 7) is 0.956. The Bertz CT molecular complexity index is 451. The number of Topliss-reactive ketones (excluding diaryl/α,β-unsaturated/α-hetero) is 1. The van der Waals surface area contributed by atoms with Crippen LogP contribution in [0.15, 0.2) is 12.1 Å². The molecule has 2 nitrogen and oxygen atoms in total. The summed E-state index contributed by atoms with van der Waals surface area (Å²) in [6, 6.07) is 0.503. The lowest BCUT2D eigenvalue weighted by Crippen LogP contribution is -2.11. The molecule has 0 atom stereocenters. The molecule has 0 amide bonds. The highest BCUT2D eigenvalue weighted by atomic mass is 19.4. The van der Waals surface area contributed by atoms with Crippen LogP contribution in [-0.2, 0) is 6.18 Å². The zero-order chi connectivity index (χ0) is 13.4. The molecule has 1 N–H and O–H groups in total. The number of carbonyl (C=O) groups is 1. The van der Waals surface area contributed by atoms with E-state index in [2.05, 4.69) is 0 Å². The quantitative estimate of drug-likeness (QED) is 0.647. The van der Waals surface area contributed by atoms with E-state index >= 15 is 0 Å². The number of phenols is 1. The van der Waals surface area contributed by atoms with E-state index in [1.807, 2.05) is 0 Å². The zero-order valence-corrected chi connectivity index (χ0v) is 8.48. The summed E-state index contributed by atoms with van der Waals surface area (Å²) in [7, 11) is 0. The number of rotatable bonds is 2. The number of halogens is 5. The lowest BCUT2D eigenvalue weighted by molar-refractivity contribution is -0.139. The highest BCUT2D eigenvalue weighted by Gasteiger charge is 2.37. The Labute approximate surface area is 92.7 Å². The molecule has 0 unspecified atom stereocenters. The van der Waals surface area contributed by atoms with Crippen molar-refractivity contribution in [1.29, 1.82) is 0 Å². The van der Waals surface area contributed by atoms with Crippen LogP contribution < -0.4 is 0 Å². The first kappa shape index (κ1) is 13.4. The lowest BCUT2D eigenvalue weighted by atomic mass is 10.0. The second-order valence-electron chi connectivity index (χ2n) is 3.31. The zero-order valence-electron chi connectivity index (χ0n) is 8.48. The monoisotopic (exact) mass is 254 g/mol. The minimum atomic E-state index is -5.02. The minimum Gasteiger partial charge on any atom is -0.507 e. The summed E-state index contributed by atoms with van der Waals surface area (Å²) in [5, 5.41) is 9.17. The van der Waals surface area contributed by atoms with Gasteiger partial charge in [0, 0.05) is 5.56 Å². The van der Waals surface area contributed by atoms with Crippen LogP contribution >= 0.6 is 0 Å². The molecular weight excluding hydrogens is 247 g/mol. The van der Waals surface area contributed by atoms with E-state index in [-0.39, 0.29) is 6.07 Å². The maximum absolute atomic E-state index is 12.4. The van der Waals surface area contributed by atoms with E-state index in [0.717, 1.165) is 6.92 Å².